The average Bonchev–Trinajstić information content (AvgIpc) is 3.25. The lowest BCUT2D eigenvalue weighted by molar-refractivity contribution is 0.0344. The number of ketones is 1. The minimum Gasteiger partial charge on any atom is -0.382 e. The molecule has 1 aromatic heterocycles. The van der Waals surface area contributed by atoms with Gasteiger partial charge in [0.25, 0.3) is 10.0 Å². The van der Waals surface area contributed by atoms with Crippen LogP contribution in [0.5, 0.6) is 0 Å². The highest BCUT2D eigenvalue weighted by molar-refractivity contribution is 7.90. The number of carbonyl (C=O) groups excluding carboxylic acids is 1. The molecule has 2 aromatic carbocycles. The van der Waals surface area contributed by atoms with Gasteiger partial charge in [-0.1, -0.05) is 30.3 Å². The third-order valence-electron chi connectivity index (χ3n) is 5.66. The zero-order valence-corrected chi connectivity index (χ0v) is 20.0. The van der Waals surface area contributed by atoms with Crippen LogP contribution in [0.25, 0.3) is 10.9 Å². The molecule has 0 N–H and O–H groups in total. The van der Waals surface area contributed by atoms with E-state index in [0.29, 0.717) is 30.7 Å². The van der Waals surface area contributed by atoms with E-state index < -0.39 is 15.8 Å². The molecule has 0 radical (unpaired) electrons. The van der Waals surface area contributed by atoms with Crippen LogP contribution in [-0.4, -0.2) is 68.4 Å². The number of nitrogens with zero attached hydrogens (tertiary/aromatic N) is 4. The van der Waals surface area contributed by atoms with Crippen molar-refractivity contribution in [1.82, 2.24) is 13.8 Å². The number of Topliss-reactive ketones (excluding diaryl/α,β-unsaturated/α-hetero) is 1. The summed E-state index contributed by atoms with van der Waals surface area (Å²) in [5, 5.41) is 10.3. The van der Waals surface area contributed by atoms with Gasteiger partial charge in [-0.25, -0.2) is 12.4 Å². The maximum absolute atomic E-state index is 13.7. The summed E-state index contributed by atoms with van der Waals surface area (Å²) in [6, 6.07) is 16.9. The van der Waals surface area contributed by atoms with Crippen LogP contribution in [0.4, 0.5) is 0 Å². The third-order valence-corrected chi connectivity index (χ3v) is 7.40. The lowest BCUT2D eigenvalue weighted by Crippen LogP contribution is -2.35. The van der Waals surface area contributed by atoms with E-state index in [1.54, 1.807) is 55.4 Å². The second kappa shape index (κ2) is 9.81. The Morgan fingerprint density at radius 1 is 1.12 bits per heavy atom. The fourth-order valence-electron chi connectivity index (χ4n) is 4.06. The topological polar surface area (TPSA) is 95.6 Å². The van der Waals surface area contributed by atoms with Gasteiger partial charge in [0.2, 0.25) is 5.78 Å². The van der Waals surface area contributed by atoms with Crippen LogP contribution in [0, 0.1) is 11.3 Å². The van der Waals surface area contributed by atoms with Crippen molar-refractivity contribution in [3.63, 3.8) is 0 Å². The van der Waals surface area contributed by atoms with E-state index in [9.17, 15) is 18.5 Å². The molecule has 1 fully saturated rings. The van der Waals surface area contributed by atoms with Gasteiger partial charge in [0.15, 0.2) is 0 Å². The van der Waals surface area contributed by atoms with Crippen molar-refractivity contribution in [1.29, 1.82) is 5.26 Å². The van der Waals surface area contributed by atoms with Crippen molar-refractivity contribution < 1.29 is 17.9 Å². The zero-order chi connectivity index (χ0) is 24.3. The molecule has 0 unspecified atom stereocenters. The quantitative estimate of drug-likeness (QED) is 0.293. The molecule has 0 bridgehead atoms. The number of nitriles is 1. The molecule has 0 atom stereocenters. The minimum absolute atomic E-state index is 0.0650. The van der Waals surface area contributed by atoms with Gasteiger partial charge in [-0.05, 0) is 29.8 Å². The number of hydrogen-bond donors (Lipinski definition) is 0. The van der Waals surface area contributed by atoms with Crippen molar-refractivity contribution in [3.8, 4) is 6.07 Å². The van der Waals surface area contributed by atoms with Gasteiger partial charge >= 0.3 is 0 Å². The second-order valence-corrected chi connectivity index (χ2v) is 10.1. The van der Waals surface area contributed by atoms with Crippen molar-refractivity contribution in [2.24, 2.45) is 0 Å². The summed E-state index contributed by atoms with van der Waals surface area (Å²) in [5.74, 6) is -0.649. The molecule has 1 saturated heterocycles. The monoisotopic (exact) mass is 478 g/mol. The van der Waals surface area contributed by atoms with E-state index in [2.05, 4.69) is 4.90 Å². The highest BCUT2D eigenvalue weighted by atomic mass is 32.2. The van der Waals surface area contributed by atoms with Crippen LogP contribution >= 0.6 is 0 Å². The molecule has 1 aliphatic rings. The summed E-state index contributed by atoms with van der Waals surface area (Å²) in [5.41, 5.74) is 1.10. The number of aromatic nitrogens is 1. The molecular weight excluding hydrogens is 452 g/mol. The Hall–Kier alpha value is -3.45. The summed E-state index contributed by atoms with van der Waals surface area (Å²) in [6.45, 7) is 3.43. The first-order chi connectivity index (χ1) is 16.3. The highest BCUT2D eigenvalue weighted by Crippen LogP contribution is 2.30. The molecule has 2 heterocycles. The fraction of sp³-hybridized carbons (Fsp3) is 0.280. The molecule has 0 amide bonds. The first-order valence-electron chi connectivity index (χ1n) is 10.9. The Kier molecular flexibility index (Phi) is 6.84. The third kappa shape index (κ3) is 4.61. The van der Waals surface area contributed by atoms with E-state index in [4.69, 9.17) is 4.74 Å². The summed E-state index contributed by atoms with van der Waals surface area (Å²) >= 11 is 0. The summed E-state index contributed by atoms with van der Waals surface area (Å²) in [6.07, 6.45) is 1.40. The summed E-state index contributed by atoms with van der Waals surface area (Å²) in [7, 11) is -0.714. The molecule has 34 heavy (non-hydrogen) atoms. The molecule has 9 heteroatoms. The van der Waals surface area contributed by atoms with Crippen LogP contribution in [0.2, 0.25) is 0 Å². The Morgan fingerprint density at radius 3 is 2.47 bits per heavy atom. The number of allylic oxidation sites excluding steroid dienone is 1. The number of rotatable bonds is 7. The van der Waals surface area contributed by atoms with E-state index in [-0.39, 0.29) is 16.2 Å². The Bertz CT molecular complexity index is 1380. The number of carbonyl (C=O) groups is 1. The van der Waals surface area contributed by atoms with Gasteiger partial charge in [-0.3, -0.25) is 9.69 Å². The second-order valence-electron chi connectivity index (χ2n) is 8.30. The molecule has 176 valence electrons. The van der Waals surface area contributed by atoms with Crippen molar-refractivity contribution in [3.05, 3.63) is 77.6 Å². The Morgan fingerprint density at radius 2 is 1.82 bits per heavy atom. The molecular formula is C25H26N4O4S. The minimum atomic E-state index is -4.11. The van der Waals surface area contributed by atoms with Crippen molar-refractivity contribution >= 4 is 26.7 Å². The number of hydrogen-bond acceptors (Lipinski definition) is 7. The standard InChI is InChI=1S/C25H26N4O4S/c1-27(2)17-20(16-26)25(30)24-15-22-19(18-28-11-13-33-14-12-28)7-6-10-23(22)29(24)34(31,32)21-8-4-3-5-9-21/h3-10,15,17H,11-14,18H2,1-2H3. The van der Waals surface area contributed by atoms with Crippen molar-refractivity contribution in [2.75, 3.05) is 40.4 Å². The zero-order valence-electron chi connectivity index (χ0n) is 19.1. The first kappa shape index (κ1) is 23.7. The summed E-state index contributed by atoms with van der Waals surface area (Å²) in [4.78, 5) is 17.3. The molecule has 8 nitrogen and oxygen atoms in total. The maximum atomic E-state index is 13.7. The molecule has 0 aliphatic carbocycles. The predicted molar refractivity (Wildman–Crippen MR) is 129 cm³/mol. The SMILES string of the molecule is CN(C)C=C(C#N)C(=O)c1cc2c(CN3CCOCC3)cccc2n1S(=O)(=O)c1ccccc1. The molecule has 3 aromatic rings. The lowest BCUT2D eigenvalue weighted by atomic mass is 10.1. The fourth-order valence-corrected chi connectivity index (χ4v) is 5.58. The van der Waals surface area contributed by atoms with Gasteiger partial charge < -0.3 is 9.64 Å². The molecule has 4 rings (SSSR count). The molecule has 1 aliphatic heterocycles. The number of benzene rings is 2. The number of morpholine rings is 1. The Balaban J connectivity index is 1.94. The average molecular weight is 479 g/mol. The van der Waals surface area contributed by atoms with Gasteiger partial charge in [0, 0.05) is 45.3 Å². The van der Waals surface area contributed by atoms with E-state index >= 15 is 0 Å². The van der Waals surface area contributed by atoms with Gasteiger partial charge in [-0.2, -0.15) is 5.26 Å². The Labute approximate surface area is 199 Å². The number of fused-ring (bicyclic) bond motifs is 1. The van der Waals surface area contributed by atoms with E-state index in [1.165, 1.54) is 18.3 Å². The maximum Gasteiger partial charge on any atom is 0.268 e. The van der Waals surface area contributed by atoms with Crippen LogP contribution in [0.1, 0.15) is 16.1 Å². The lowest BCUT2D eigenvalue weighted by Gasteiger charge is -2.26. The van der Waals surface area contributed by atoms with Crippen LogP contribution in [0.3, 0.4) is 0 Å². The molecule has 0 saturated carbocycles. The normalized spacial score (nSPS) is 15.3. The predicted octanol–water partition coefficient (Wildman–Crippen LogP) is 2.86. The van der Waals surface area contributed by atoms with Crippen molar-refractivity contribution in [2.45, 2.75) is 11.4 Å². The van der Waals surface area contributed by atoms with Gasteiger partial charge in [0.1, 0.15) is 17.3 Å². The first-order valence-corrected chi connectivity index (χ1v) is 12.3. The number of ether oxygens (including phenoxy) is 1. The van der Waals surface area contributed by atoms with Crippen LogP contribution in [0.15, 0.2) is 71.3 Å². The van der Waals surface area contributed by atoms with E-state index in [1.807, 2.05) is 12.1 Å². The highest BCUT2D eigenvalue weighted by Gasteiger charge is 2.29. The van der Waals surface area contributed by atoms with Gasteiger partial charge in [0.05, 0.1) is 23.6 Å². The van der Waals surface area contributed by atoms with Gasteiger partial charge in [-0.15, -0.1) is 0 Å². The van der Waals surface area contributed by atoms with E-state index in [0.717, 1.165) is 22.6 Å². The smallest absolute Gasteiger partial charge is 0.268 e. The largest absolute Gasteiger partial charge is 0.382 e. The summed E-state index contributed by atoms with van der Waals surface area (Å²) < 4.78 is 34.0. The molecule has 0 spiro atoms. The van der Waals surface area contributed by atoms with Crippen LogP contribution in [-0.2, 0) is 21.3 Å². The van der Waals surface area contributed by atoms with Crippen LogP contribution < -0.4 is 0 Å².